The molecule has 1 fully saturated rings. The van der Waals surface area contributed by atoms with Crippen molar-refractivity contribution in [3.8, 4) is 0 Å². The molecule has 0 spiro atoms. The number of rotatable bonds is 6. The minimum atomic E-state index is -0.0122. The summed E-state index contributed by atoms with van der Waals surface area (Å²) in [5, 5.41) is 3.71. The SMILES string of the molecule is CCN1CCN(C[C@H](C)CNC(=O)c2ccc(Cl)cc2C)CC1. The third kappa shape index (κ3) is 5.48. The van der Waals surface area contributed by atoms with Crippen molar-refractivity contribution in [2.45, 2.75) is 20.8 Å². The number of nitrogens with zero attached hydrogens (tertiary/aromatic N) is 2. The van der Waals surface area contributed by atoms with Gasteiger partial charge in [0.15, 0.2) is 0 Å². The Morgan fingerprint density at radius 2 is 1.91 bits per heavy atom. The molecular weight excluding hydrogens is 310 g/mol. The van der Waals surface area contributed by atoms with E-state index in [1.807, 2.05) is 13.0 Å². The van der Waals surface area contributed by atoms with Gasteiger partial charge in [0.25, 0.3) is 5.91 Å². The fraction of sp³-hybridized carbons (Fsp3) is 0.611. The molecule has 128 valence electrons. The number of hydrogen-bond acceptors (Lipinski definition) is 3. The van der Waals surface area contributed by atoms with E-state index in [0.29, 0.717) is 23.0 Å². The summed E-state index contributed by atoms with van der Waals surface area (Å²) >= 11 is 5.94. The predicted molar refractivity (Wildman–Crippen MR) is 96.2 cm³/mol. The number of nitrogens with one attached hydrogen (secondary N) is 1. The summed E-state index contributed by atoms with van der Waals surface area (Å²) in [6, 6.07) is 5.38. The molecule has 2 rings (SSSR count). The summed E-state index contributed by atoms with van der Waals surface area (Å²) in [4.78, 5) is 17.3. The van der Waals surface area contributed by atoms with Crippen molar-refractivity contribution in [2.24, 2.45) is 5.92 Å². The van der Waals surface area contributed by atoms with Crippen LogP contribution in [0.2, 0.25) is 5.02 Å². The smallest absolute Gasteiger partial charge is 0.251 e. The molecule has 0 saturated carbocycles. The lowest BCUT2D eigenvalue weighted by Gasteiger charge is -2.35. The van der Waals surface area contributed by atoms with Crippen LogP contribution < -0.4 is 5.32 Å². The second-order valence-electron chi connectivity index (χ2n) is 6.51. The molecule has 1 saturated heterocycles. The van der Waals surface area contributed by atoms with E-state index in [1.165, 1.54) is 0 Å². The van der Waals surface area contributed by atoms with Gasteiger partial charge in [0, 0.05) is 49.9 Å². The number of aryl methyl sites for hydroxylation is 1. The van der Waals surface area contributed by atoms with Gasteiger partial charge in [0.2, 0.25) is 0 Å². The van der Waals surface area contributed by atoms with Crippen LogP contribution in [-0.2, 0) is 0 Å². The van der Waals surface area contributed by atoms with Crippen LogP contribution >= 0.6 is 11.6 Å². The number of halogens is 1. The molecule has 1 aromatic carbocycles. The summed E-state index contributed by atoms with van der Waals surface area (Å²) in [6.07, 6.45) is 0. The molecule has 0 radical (unpaired) electrons. The van der Waals surface area contributed by atoms with Crippen LogP contribution in [-0.4, -0.2) is 61.5 Å². The van der Waals surface area contributed by atoms with Crippen LogP contribution in [0.25, 0.3) is 0 Å². The summed E-state index contributed by atoms with van der Waals surface area (Å²) in [5.41, 5.74) is 1.62. The van der Waals surface area contributed by atoms with Crippen LogP contribution in [0.15, 0.2) is 18.2 Å². The van der Waals surface area contributed by atoms with Crippen LogP contribution in [0, 0.1) is 12.8 Å². The Hall–Kier alpha value is -1.10. The average molecular weight is 338 g/mol. The summed E-state index contributed by atoms with van der Waals surface area (Å²) in [6.45, 7) is 13.8. The summed E-state index contributed by atoms with van der Waals surface area (Å²) < 4.78 is 0. The van der Waals surface area contributed by atoms with Gasteiger partial charge in [-0.2, -0.15) is 0 Å². The molecule has 0 aliphatic carbocycles. The maximum Gasteiger partial charge on any atom is 0.251 e. The van der Waals surface area contributed by atoms with Crippen molar-refractivity contribution in [1.82, 2.24) is 15.1 Å². The van der Waals surface area contributed by atoms with Gasteiger partial charge < -0.3 is 15.1 Å². The highest BCUT2D eigenvalue weighted by Crippen LogP contribution is 2.15. The van der Waals surface area contributed by atoms with E-state index >= 15 is 0 Å². The van der Waals surface area contributed by atoms with Crippen molar-refractivity contribution in [2.75, 3.05) is 45.8 Å². The summed E-state index contributed by atoms with van der Waals surface area (Å²) in [7, 11) is 0. The van der Waals surface area contributed by atoms with E-state index in [-0.39, 0.29) is 5.91 Å². The number of carbonyl (C=O) groups excluding carboxylic acids is 1. The van der Waals surface area contributed by atoms with E-state index in [9.17, 15) is 4.79 Å². The van der Waals surface area contributed by atoms with E-state index < -0.39 is 0 Å². The van der Waals surface area contributed by atoms with Gasteiger partial charge in [0.1, 0.15) is 0 Å². The quantitative estimate of drug-likeness (QED) is 0.866. The number of hydrogen-bond donors (Lipinski definition) is 1. The first-order valence-corrected chi connectivity index (χ1v) is 8.86. The molecular formula is C18H28ClN3O. The lowest BCUT2D eigenvalue weighted by Crippen LogP contribution is -2.48. The Bertz CT molecular complexity index is 527. The monoisotopic (exact) mass is 337 g/mol. The van der Waals surface area contributed by atoms with Crippen molar-refractivity contribution in [3.63, 3.8) is 0 Å². The molecule has 0 aromatic heterocycles. The second kappa shape index (κ2) is 8.67. The highest BCUT2D eigenvalue weighted by atomic mass is 35.5. The van der Waals surface area contributed by atoms with Crippen molar-refractivity contribution in [3.05, 3.63) is 34.3 Å². The average Bonchev–Trinajstić information content (AvgIpc) is 2.53. The second-order valence-corrected chi connectivity index (χ2v) is 6.95. The molecule has 1 amide bonds. The van der Waals surface area contributed by atoms with Gasteiger partial charge in [-0.25, -0.2) is 0 Å². The molecule has 0 unspecified atom stereocenters. The molecule has 5 heteroatoms. The normalized spacial score (nSPS) is 17.9. The summed E-state index contributed by atoms with van der Waals surface area (Å²) in [5.74, 6) is 0.432. The number of benzene rings is 1. The van der Waals surface area contributed by atoms with Crippen molar-refractivity contribution < 1.29 is 4.79 Å². The number of likely N-dealkylation sites (N-methyl/N-ethyl adjacent to an activating group) is 1. The van der Waals surface area contributed by atoms with E-state index in [2.05, 4.69) is 29.0 Å². The zero-order chi connectivity index (χ0) is 16.8. The number of carbonyl (C=O) groups is 1. The van der Waals surface area contributed by atoms with Gasteiger partial charge in [0.05, 0.1) is 0 Å². The minimum Gasteiger partial charge on any atom is -0.352 e. The zero-order valence-electron chi connectivity index (χ0n) is 14.4. The minimum absolute atomic E-state index is 0.0122. The Morgan fingerprint density at radius 3 is 2.52 bits per heavy atom. The first kappa shape index (κ1) is 18.2. The molecule has 1 aliphatic heterocycles. The van der Waals surface area contributed by atoms with Crippen molar-refractivity contribution in [1.29, 1.82) is 0 Å². The molecule has 23 heavy (non-hydrogen) atoms. The lowest BCUT2D eigenvalue weighted by atomic mass is 10.1. The van der Waals surface area contributed by atoms with Gasteiger partial charge in [-0.3, -0.25) is 4.79 Å². The maximum atomic E-state index is 12.3. The molecule has 1 aromatic rings. The van der Waals surface area contributed by atoms with E-state index in [1.54, 1.807) is 12.1 Å². The van der Waals surface area contributed by atoms with Gasteiger partial charge >= 0.3 is 0 Å². The van der Waals surface area contributed by atoms with Gasteiger partial charge in [-0.15, -0.1) is 0 Å². The van der Waals surface area contributed by atoms with E-state index in [0.717, 1.165) is 44.8 Å². The third-order valence-corrected chi connectivity index (χ3v) is 4.76. The fourth-order valence-electron chi connectivity index (χ4n) is 3.04. The Balaban J connectivity index is 1.75. The zero-order valence-corrected chi connectivity index (χ0v) is 15.2. The first-order chi connectivity index (χ1) is 11.0. The van der Waals surface area contributed by atoms with Crippen LogP contribution in [0.1, 0.15) is 29.8 Å². The van der Waals surface area contributed by atoms with Gasteiger partial charge in [-0.05, 0) is 43.1 Å². The van der Waals surface area contributed by atoms with Gasteiger partial charge in [-0.1, -0.05) is 25.4 Å². The standard InChI is InChI=1S/C18H28ClN3O/c1-4-21-7-9-22(10-8-21)13-14(2)12-20-18(23)17-6-5-16(19)11-15(17)3/h5-6,11,14H,4,7-10,12-13H2,1-3H3,(H,20,23)/t14-/m1/s1. The Kier molecular flexibility index (Phi) is 6.88. The third-order valence-electron chi connectivity index (χ3n) is 4.53. The molecule has 1 atom stereocenters. The topological polar surface area (TPSA) is 35.6 Å². The molecule has 1 aliphatic rings. The molecule has 1 heterocycles. The predicted octanol–water partition coefficient (Wildman–Crippen LogP) is 2.65. The van der Waals surface area contributed by atoms with Crippen molar-refractivity contribution >= 4 is 17.5 Å². The maximum absolute atomic E-state index is 12.3. The number of piperazine rings is 1. The van der Waals surface area contributed by atoms with Crippen LogP contribution in [0.5, 0.6) is 0 Å². The highest BCUT2D eigenvalue weighted by Gasteiger charge is 2.18. The largest absolute Gasteiger partial charge is 0.352 e. The Morgan fingerprint density at radius 1 is 1.26 bits per heavy atom. The Labute approximate surface area is 144 Å². The lowest BCUT2D eigenvalue weighted by molar-refractivity contribution is 0.0933. The van der Waals surface area contributed by atoms with E-state index in [4.69, 9.17) is 11.6 Å². The fourth-order valence-corrected chi connectivity index (χ4v) is 3.26. The molecule has 4 nitrogen and oxygen atoms in total. The highest BCUT2D eigenvalue weighted by molar-refractivity contribution is 6.30. The van der Waals surface area contributed by atoms with Crippen LogP contribution in [0.4, 0.5) is 0 Å². The first-order valence-electron chi connectivity index (χ1n) is 8.48. The van der Waals surface area contributed by atoms with Crippen LogP contribution in [0.3, 0.4) is 0 Å². The number of amides is 1. The molecule has 0 bridgehead atoms. The molecule has 1 N–H and O–H groups in total.